The van der Waals surface area contributed by atoms with Crippen LogP contribution in [0.3, 0.4) is 0 Å². The lowest BCUT2D eigenvalue weighted by molar-refractivity contribution is 0.0596. The summed E-state index contributed by atoms with van der Waals surface area (Å²) in [6.07, 6.45) is 2.67. The van der Waals surface area contributed by atoms with Crippen LogP contribution in [0.1, 0.15) is 45.3 Å². The van der Waals surface area contributed by atoms with Crippen molar-refractivity contribution < 1.29 is 18.4 Å². The van der Waals surface area contributed by atoms with Gasteiger partial charge < -0.3 is 14.6 Å². The van der Waals surface area contributed by atoms with Gasteiger partial charge in [0, 0.05) is 24.5 Å². The number of benzene rings is 2. The van der Waals surface area contributed by atoms with Crippen LogP contribution in [-0.2, 0) is 0 Å². The third-order valence-electron chi connectivity index (χ3n) is 6.08. The van der Waals surface area contributed by atoms with Gasteiger partial charge in [-0.3, -0.25) is 9.59 Å². The maximum Gasteiger partial charge on any atom is 0.287 e. The number of rotatable bonds is 5. The maximum absolute atomic E-state index is 13.6. The Labute approximate surface area is 200 Å². The van der Waals surface area contributed by atoms with E-state index in [0.29, 0.717) is 24.4 Å². The first kappa shape index (κ1) is 22.3. The second kappa shape index (κ2) is 9.38. The number of thiazole rings is 1. The minimum atomic E-state index is -0.325. The molecule has 4 aromatic rings. The van der Waals surface area contributed by atoms with Gasteiger partial charge in [-0.25, -0.2) is 9.37 Å². The van der Waals surface area contributed by atoms with Crippen LogP contribution in [0.4, 0.5) is 4.39 Å². The zero-order chi connectivity index (χ0) is 23.7. The highest BCUT2D eigenvalue weighted by Gasteiger charge is 2.31. The molecule has 2 aromatic carbocycles. The van der Waals surface area contributed by atoms with E-state index in [-0.39, 0.29) is 29.4 Å². The topological polar surface area (TPSA) is 75.4 Å². The molecule has 0 radical (unpaired) electrons. The molecule has 1 aliphatic heterocycles. The van der Waals surface area contributed by atoms with Gasteiger partial charge in [0.1, 0.15) is 17.1 Å². The van der Waals surface area contributed by atoms with Gasteiger partial charge in [-0.05, 0) is 56.0 Å². The molecule has 8 heteroatoms. The predicted octanol–water partition coefficient (Wildman–Crippen LogP) is 5.43. The third kappa shape index (κ3) is 4.46. The summed E-state index contributed by atoms with van der Waals surface area (Å²) < 4.78 is 19.1. The van der Waals surface area contributed by atoms with Crippen molar-refractivity contribution in [2.75, 3.05) is 13.1 Å². The minimum Gasteiger partial charge on any atom is -0.451 e. The summed E-state index contributed by atoms with van der Waals surface area (Å²) >= 11 is 1.42. The van der Waals surface area contributed by atoms with Crippen molar-refractivity contribution in [1.82, 2.24) is 15.2 Å². The molecular formula is C26H24FN3O3S. The molecule has 6 nitrogen and oxygen atoms in total. The van der Waals surface area contributed by atoms with E-state index in [1.807, 2.05) is 36.1 Å². The van der Waals surface area contributed by atoms with E-state index in [9.17, 15) is 14.0 Å². The molecule has 1 atom stereocenters. The van der Waals surface area contributed by atoms with Gasteiger partial charge in [0.05, 0.1) is 9.88 Å². The predicted molar refractivity (Wildman–Crippen MR) is 129 cm³/mol. The van der Waals surface area contributed by atoms with Crippen LogP contribution >= 0.6 is 11.3 Å². The molecule has 1 fully saturated rings. The van der Waals surface area contributed by atoms with Crippen molar-refractivity contribution in [1.29, 1.82) is 0 Å². The SMILES string of the molecule is Cc1nc(C(=O)N2CCCCC2CNC(=O)c2cc3ccccc3o2)c(-c2ccc(F)cc2)s1. The second-order valence-electron chi connectivity index (χ2n) is 8.42. The number of aromatic nitrogens is 1. The van der Waals surface area contributed by atoms with E-state index < -0.39 is 0 Å². The minimum absolute atomic E-state index is 0.141. The van der Waals surface area contributed by atoms with E-state index in [1.54, 1.807) is 18.2 Å². The van der Waals surface area contributed by atoms with Crippen molar-refractivity contribution in [2.45, 2.75) is 32.2 Å². The molecule has 0 aliphatic carbocycles. The van der Waals surface area contributed by atoms with Gasteiger partial charge in [-0.1, -0.05) is 30.3 Å². The number of likely N-dealkylation sites (tertiary alicyclic amines) is 1. The molecule has 174 valence electrons. The van der Waals surface area contributed by atoms with Gasteiger partial charge in [0.25, 0.3) is 11.8 Å². The fraction of sp³-hybridized carbons (Fsp3) is 0.269. The summed E-state index contributed by atoms with van der Waals surface area (Å²) in [7, 11) is 0. The molecule has 1 unspecified atom stereocenters. The van der Waals surface area contributed by atoms with Crippen molar-refractivity contribution in [2.24, 2.45) is 0 Å². The normalized spacial score (nSPS) is 16.1. The van der Waals surface area contributed by atoms with E-state index in [2.05, 4.69) is 10.3 Å². The summed E-state index contributed by atoms with van der Waals surface area (Å²) in [5.74, 6) is -0.533. The Morgan fingerprint density at radius 3 is 2.76 bits per heavy atom. The van der Waals surface area contributed by atoms with E-state index in [4.69, 9.17) is 4.42 Å². The van der Waals surface area contributed by atoms with Crippen LogP contribution in [0.15, 0.2) is 59.0 Å². The number of amides is 2. The molecule has 1 saturated heterocycles. The van der Waals surface area contributed by atoms with Gasteiger partial charge in [-0.15, -0.1) is 11.3 Å². The second-order valence-corrected chi connectivity index (χ2v) is 9.63. The highest BCUT2D eigenvalue weighted by atomic mass is 32.1. The molecule has 0 bridgehead atoms. The molecule has 0 saturated carbocycles. The first-order chi connectivity index (χ1) is 16.5. The Balaban J connectivity index is 1.33. The van der Waals surface area contributed by atoms with Gasteiger partial charge in [-0.2, -0.15) is 0 Å². The van der Waals surface area contributed by atoms with Crippen LogP contribution in [0.25, 0.3) is 21.4 Å². The van der Waals surface area contributed by atoms with Gasteiger partial charge in [0.2, 0.25) is 0 Å². The standard InChI is InChI=1S/C26H24FN3O3S/c1-16-29-23(24(34-16)17-9-11-19(27)12-10-17)26(32)30-13-5-4-7-20(30)15-28-25(31)22-14-18-6-2-3-8-21(18)33-22/h2-3,6,8-12,14,20H,4-5,7,13,15H2,1H3,(H,28,31). The van der Waals surface area contributed by atoms with E-state index in [0.717, 1.165) is 40.1 Å². The summed E-state index contributed by atoms with van der Waals surface area (Å²) in [5, 5.41) is 4.58. The lowest BCUT2D eigenvalue weighted by Crippen LogP contribution is -2.49. The molecule has 34 heavy (non-hydrogen) atoms. The summed E-state index contributed by atoms with van der Waals surface area (Å²) in [4.78, 5) is 33.4. The molecule has 2 aromatic heterocycles. The largest absolute Gasteiger partial charge is 0.451 e. The first-order valence-electron chi connectivity index (χ1n) is 11.3. The van der Waals surface area contributed by atoms with Crippen molar-refractivity contribution >= 4 is 34.1 Å². The maximum atomic E-state index is 13.6. The number of aryl methyl sites for hydroxylation is 1. The first-order valence-corrected chi connectivity index (χ1v) is 12.1. The summed E-state index contributed by atoms with van der Waals surface area (Å²) in [6, 6.07) is 15.2. The number of nitrogens with zero attached hydrogens (tertiary/aromatic N) is 2. The highest BCUT2D eigenvalue weighted by molar-refractivity contribution is 7.15. The molecule has 1 aliphatic rings. The van der Waals surface area contributed by atoms with E-state index in [1.165, 1.54) is 23.5 Å². The number of piperidine rings is 1. The number of halogens is 1. The molecule has 5 rings (SSSR count). The summed E-state index contributed by atoms with van der Waals surface area (Å²) in [5.41, 5.74) is 1.81. The average molecular weight is 478 g/mol. The lowest BCUT2D eigenvalue weighted by Gasteiger charge is -2.35. The van der Waals surface area contributed by atoms with Crippen LogP contribution in [0, 0.1) is 12.7 Å². The molecular weight excluding hydrogens is 453 g/mol. The van der Waals surface area contributed by atoms with Gasteiger partial charge >= 0.3 is 0 Å². The Kier molecular flexibility index (Phi) is 6.15. The lowest BCUT2D eigenvalue weighted by atomic mass is 10.0. The Hall–Kier alpha value is -3.52. The average Bonchev–Trinajstić information content (AvgIpc) is 3.46. The molecule has 3 heterocycles. The number of para-hydroxylation sites is 1. The molecule has 2 amide bonds. The zero-order valence-electron chi connectivity index (χ0n) is 18.7. The number of hydrogen-bond acceptors (Lipinski definition) is 5. The van der Waals surface area contributed by atoms with E-state index >= 15 is 0 Å². The molecule has 1 N–H and O–H groups in total. The monoisotopic (exact) mass is 477 g/mol. The van der Waals surface area contributed by atoms with Crippen molar-refractivity contribution in [3.63, 3.8) is 0 Å². The van der Waals surface area contributed by atoms with Crippen molar-refractivity contribution in [3.8, 4) is 10.4 Å². The zero-order valence-corrected chi connectivity index (χ0v) is 19.5. The number of carbonyl (C=O) groups is 2. The Morgan fingerprint density at radius 2 is 1.97 bits per heavy atom. The Bertz CT molecular complexity index is 1310. The number of nitrogens with one attached hydrogen (secondary N) is 1. The van der Waals surface area contributed by atoms with Crippen molar-refractivity contribution in [3.05, 3.63) is 76.9 Å². The number of hydrogen-bond donors (Lipinski definition) is 1. The van der Waals surface area contributed by atoms with Crippen LogP contribution in [-0.4, -0.2) is 40.8 Å². The summed E-state index contributed by atoms with van der Waals surface area (Å²) in [6.45, 7) is 2.79. The number of carbonyl (C=O) groups excluding carboxylic acids is 2. The van der Waals surface area contributed by atoms with Crippen LogP contribution < -0.4 is 5.32 Å². The smallest absolute Gasteiger partial charge is 0.287 e. The molecule has 0 spiro atoms. The number of furan rings is 1. The highest BCUT2D eigenvalue weighted by Crippen LogP contribution is 2.32. The fourth-order valence-electron chi connectivity index (χ4n) is 4.38. The van der Waals surface area contributed by atoms with Crippen LogP contribution in [0.5, 0.6) is 0 Å². The third-order valence-corrected chi connectivity index (χ3v) is 7.10. The fourth-order valence-corrected chi connectivity index (χ4v) is 5.29. The quantitative estimate of drug-likeness (QED) is 0.416. The van der Waals surface area contributed by atoms with Crippen LogP contribution in [0.2, 0.25) is 0 Å². The van der Waals surface area contributed by atoms with Gasteiger partial charge in [0.15, 0.2) is 5.76 Å². The number of fused-ring (bicyclic) bond motifs is 1. The Morgan fingerprint density at radius 1 is 1.18 bits per heavy atom.